The first-order valence-electron chi connectivity index (χ1n) is 6.82. The molecule has 1 aromatic carbocycles. The van der Waals surface area contributed by atoms with Gasteiger partial charge in [-0.15, -0.1) is 0 Å². The molecule has 2 unspecified atom stereocenters. The van der Waals surface area contributed by atoms with E-state index in [1.165, 1.54) is 12.0 Å². The van der Waals surface area contributed by atoms with E-state index in [-0.39, 0.29) is 5.41 Å². The van der Waals surface area contributed by atoms with Crippen LogP contribution in [0.5, 0.6) is 0 Å². The summed E-state index contributed by atoms with van der Waals surface area (Å²) in [4.78, 5) is 0. The van der Waals surface area contributed by atoms with Crippen molar-refractivity contribution in [3.63, 3.8) is 0 Å². The Morgan fingerprint density at radius 1 is 1.12 bits per heavy atom. The second kappa shape index (κ2) is 6.20. The topological polar surface area (TPSA) is 12.0 Å². The van der Waals surface area contributed by atoms with Crippen LogP contribution in [0.1, 0.15) is 46.6 Å². The summed E-state index contributed by atoms with van der Waals surface area (Å²) in [6.45, 7) is 12.5. The average Bonchev–Trinajstić information content (AvgIpc) is 2.36. The fourth-order valence-corrected chi connectivity index (χ4v) is 2.67. The van der Waals surface area contributed by atoms with Gasteiger partial charge in [-0.1, -0.05) is 71.4 Å². The summed E-state index contributed by atoms with van der Waals surface area (Å²) in [6, 6.07) is 11.4. The van der Waals surface area contributed by atoms with Gasteiger partial charge in [0.05, 0.1) is 0 Å². The van der Waals surface area contributed by atoms with E-state index in [0.717, 1.165) is 6.54 Å². The summed E-state index contributed by atoms with van der Waals surface area (Å²) < 4.78 is 0. The molecular formula is C16H27N. The lowest BCUT2D eigenvalue weighted by Gasteiger charge is -2.39. The summed E-state index contributed by atoms with van der Waals surface area (Å²) >= 11 is 0. The van der Waals surface area contributed by atoms with E-state index in [9.17, 15) is 0 Å². The Balaban J connectivity index is 2.99. The van der Waals surface area contributed by atoms with Gasteiger partial charge in [0.2, 0.25) is 0 Å². The molecule has 0 radical (unpaired) electrons. The highest BCUT2D eigenvalue weighted by Crippen LogP contribution is 2.31. The second-order valence-electron chi connectivity index (χ2n) is 5.51. The van der Waals surface area contributed by atoms with E-state index in [4.69, 9.17) is 0 Å². The van der Waals surface area contributed by atoms with Crippen molar-refractivity contribution in [2.24, 2.45) is 5.92 Å². The van der Waals surface area contributed by atoms with E-state index < -0.39 is 0 Å². The van der Waals surface area contributed by atoms with Crippen LogP contribution in [-0.4, -0.2) is 12.6 Å². The number of likely N-dealkylation sites (N-methyl/N-ethyl adjacent to an activating group) is 1. The quantitative estimate of drug-likeness (QED) is 0.783. The molecule has 0 aromatic heterocycles. The van der Waals surface area contributed by atoms with E-state index in [1.54, 1.807) is 0 Å². The molecule has 17 heavy (non-hydrogen) atoms. The maximum Gasteiger partial charge on any atom is 0.0184 e. The van der Waals surface area contributed by atoms with E-state index in [2.05, 4.69) is 70.3 Å². The Labute approximate surface area is 107 Å². The van der Waals surface area contributed by atoms with Crippen LogP contribution in [0.4, 0.5) is 0 Å². The van der Waals surface area contributed by atoms with Gasteiger partial charge in [0.1, 0.15) is 0 Å². The number of benzene rings is 1. The molecule has 0 saturated carbocycles. The largest absolute Gasteiger partial charge is 0.313 e. The van der Waals surface area contributed by atoms with Crippen LogP contribution >= 0.6 is 0 Å². The molecule has 0 heterocycles. The van der Waals surface area contributed by atoms with Gasteiger partial charge in [0.15, 0.2) is 0 Å². The minimum atomic E-state index is 0.173. The van der Waals surface area contributed by atoms with Crippen LogP contribution in [0.15, 0.2) is 30.3 Å². The Morgan fingerprint density at radius 2 is 1.71 bits per heavy atom. The van der Waals surface area contributed by atoms with Gasteiger partial charge in [-0.05, 0) is 18.0 Å². The van der Waals surface area contributed by atoms with Crippen LogP contribution in [0.2, 0.25) is 0 Å². The minimum Gasteiger partial charge on any atom is -0.313 e. The lowest BCUT2D eigenvalue weighted by molar-refractivity contribution is 0.255. The third kappa shape index (κ3) is 3.32. The Bertz CT molecular complexity index is 316. The number of hydrogen-bond acceptors (Lipinski definition) is 1. The lowest BCUT2D eigenvalue weighted by Crippen LogP contribution is -2.48. The third-order valence-electron chi connectivity index (χ3n) is 3.93. The van der Waals surface area contributed by atoms with Crippen molar-refractivity contribution < 1.29 is 0 Å². The maximum atomic E-state index is 3.67. The number of hydrogen-bond donors (Lipinski definition) is 1. The number of nitrogens with one attached hydrogen (secondary N) is 1. The smallest absolute Gasteiger partial charge is 0.0184 e. The van der Waals surface area contributed by atoms with Gasteiger partial charge in [-0.2, -0.15) is 0 Å². The van der Waals surface area contributed by atoms with Gasteiger partial charge < -0.3 is 5.32 Å². The van der Waals surface area contributed by atoms with Crippen LogP contribution in [0, 0.1) is 5.92 Å². The van der Waals surface area contributed by atoms with Gasteiger partial charge >= 0.3 is 0 Å². The van der Waals surface area contributed by atoms with Gasteiger partial charge in [-0.25, -0.2) is 0 Å². The second-order valence-corrected chi connectivity index (χ2v) is 5.51. The van der Waals surface area contributed by atoms with Gasteiger partial charge in [0, 0.05) is 11.5 Å². The molecule has 0 saturated heterocycles. The van der Waals surface area contributed by atoms with Crippen LogP contribution in [0.25, 0.3) is 0 Å². The predicted octanol–water partition coefficient (Wildman–Crippen LogP) is 3.99. The standard InChI is InChI=1S/C16H27N/c1-6-13(3)15(17-7-2)16(4,5)14-11-9-8-10-12-14/h8-13,15,17H,6-7H2,1-5H3. The molecule has 0 aliphatic carbocycles. The molecule has 0 amide bonds. The molecule has 1 N–H and O–H groups in total. The molecule has 0 aliphatic rings. The van der Waals surface area contributed by atoms with Crippen molar-refractivity contribution in [1.29, 1.82) is 0 Å². The molecule has 1 aromatic rings. The van der Waals surface area contributed by atoms with Crippen molar-refractivity contribution in [3.05, 3.63) is 35.9 Å². The lowest BCUT2D eigenvalue weighted by atomic mass is 9.72. The molecule has 1 rings (SSSR count). The zero-order valence-corrected chi connectivity index (χ0v) is 12.0. The highest BCUT2D eigenvalue weighted by atomic mass is 14.9. The van der Waals surface area contributed by atoms with Gasteiger partial charge in [0.25, 0.3) is 0 Å². The molecule has 96 valence electrons. The Kier molecular flexibility index (Phi) is 5.20. The molecule has 0 aliphatic heterocycles. The molecule has 1 nitrogen and oxygen atoms in total. The third-order valence-corrected chi connectivity index (χ3v) is 3.93. The average molecular weight is 233 g/mol. The van der Waals surface area contributed by atoms with Crippen molar-refractivity contribution in [2.45, 2.75) is 52.5 Å². The monoisotopic (exact) mass is 233 g/mol. The SMILES string of the molecule is CCNC(C(C)CC)C(C)(C)c1ccccc1. The first-order valence-corrected chi connectivity index (χ1v) is 6.82. The summed E-state index contributed by atoms with van der Waals surface area (Å²) in [5.74, 6) is 0.685. The van der Waals surface area contributed by atoms with Crippen LogP contribution in [0.3, 0.4) is 0 Å². The highest BCUT2D eigenvalue weighted by molar-refractivity contribution is 5.26. The molecule has 0 spiro atoms. The highest BCUT2D eigenvalue weighted by Gasteiger charge is 2.33. The van der Waals surface area contributed by atoms with Crippen molar-refractivity contribution in [2.75, 3.05) is 6.54 Å². The maximum absolute atomic E-state index is 3.67. The first kappa shape index (κ1) is 14.2. The van der Waals surface area contributed by atoms with Crippen LogP contribution < -0.4 is 5.32 Å². The molecule has 1 heteroatoms. The first-order chi connectivity index (χ1) is 8.04. The van der Waals surface area contributed by atoms with Crippen LogP contribution in [-0.2, 0) is 5.41 Å². The molecule has 0 bridgehead atoms. The summed E-state index contributed by atoms with van der Waals surface area (Å²) in [5, 5.41) is 3.67. The van der Waals surface area contributed by atoms with E-state index in [1.807, 2.05) is 0 Å². The van der Waals surface area contributed by atoms with E-state index in [0.29, 0.717) is 12.0 Å². The summed E-state index contributed by atoms with van der Waals surface area (Å²) in [5.41, 5.74) is 1.60. The molecule has 0 fully saturated rings. The zero-order valence-electron chi connectivity index (χ0n) is 12.0. The summed E-state index contributed by atoms with van der Waals surface area (Å²) in [6.07, 6.45) is 1.22. The fraction of sp³-hybridized carbons (Fsp3) is 0.625. The predicted molar refractivity (Wildman–Crippen MR) is 76.4 cm³/mol. The minimum absolute atomic E-state index is 0.173. The van der Waals surface area contributed by atoms with Crippen molar-refractivity contribution in [3.8, 4) is 0 Å². The fourth-order valence-electron chi connectivity index (χ4n) is 2.67. The molecule has 2 atom stereocenters. The van der Waals surface area contributed by atoms with Crippen molar-refractivity contribution >= 4 is 0 Å². The Morgan fingerprint density at radius 3 is 2.18 bits per heavy atom. The Hall–Kier alpha value is -0.820. The molecular weight excluding hydrogens is 206 g/mol. The van der Waals surface area contributed by atoms with E-state index >= 15 is 0 Å². The van der Waals surface area contributed by atoms with Crippen molar-refractivity contribution in [1.82, 2.24) is 5.32 Å². The normalized spacial score (nSPS) is 15.6. The zero-order chi connectivity index (χ0) is 12.9. The number of rotatable bonds is 6. The summed E-state index contributed by atoms with van der Waals surface area (Å²) in [7, 11) is 0. The van der Waals surface area contributed by atoms with Gasteiger partial charge in [-0.3, -0.25) is 0 Å².